The molecule has 1 saturated heterocycles. The minimum absolute atomic E-state index is 0.267. The van der Waals surface area contributed by atoms with E-state index in [4.69, 9.17) is 10.00 Å². The number of piperidine rings is 1. The first-order valence-electron chi connectivity index (χ1n) is 9.21. The second-order valence-corrected chi connectivity index (χ2v) is 9.30. The normalized spacial score (nSPS) is 21.9. The predicted octanol–water partition coefficient (Wildman–Crippen LogP) is 3.24. The molecule has 1 atom stereocenters. The topological polar surface area (TPSA) is 70.4 Å². The summed E-state index contributed by atoms with van der Waals surface area (Å²) in [5.41, 5.74) is 2.37. The quantitative estimate of drug-likeness (QED) is 0.740. The van der Waals surface area contributed by atoms with Crippen LogP contribution in [0.25, 0.3) is 5.57 Å². The maximum atomic E-state index is 11.6. The number of rotatable bonds is 5. The molecule has 0 N–H and O–H groups in total. The van der Waals surface area contributed by atoms with Gasteiger partial charge in [-0.2, -0.15) is 5.26 Å². The summed E-state index contributed by atoms with van der Waals surface area (Å²) >= 11 is 0. The zero-order chi connectivity index (χ0) is 18.6. The highest BCUT2D eigenvalue weighted by molar-refractivity contribution is 7.90. The van der Waals surface area contributed by atoms with Crippen LogP contribution in [0.4, 0.5) is 0 Å². The van der Waals surface area contributed by atoms with Crippen LogP contribution < -0.4 is 0 Å². The molecule has 3 rings (SSSR count). The van der Waals surface area contributed by atoms with Crippen molar-refractivity contribution in [2.75, 3.05) is 26.0 Å². The van der Waals surface area contributed by atoms with Crippen molar-refractivity contribution in [3.8, 4) is 6.19 Å². The van der Waals surface area contributed by atoms with Crippen molar-refractivity contribution >= 4 is 15.4 Å². The molecule has 1 aliphatic carbocycles. The maximum Gasteiger partial charge on any atom is 0.179 e. The molecule has 0 amide bonds. The molecule has 1 aliphatic heterocycles. The first-order valence-corrected chi connectivity index (χ1v) is 11.1. The number of benzene rings is 1. The second kappa shape index (κ2) is 8.24. The fourth-order valence-corrected chi connectivity index (χ4v) is 4.24. The molecule has 0 bridgehead atoms. The number of nitriles is 1. The van der Waals surface area contributed by atoms with Gasteiger partial charge in [-0.3, -0.25) is 0 Å². The highest BCUT2D eigenvalue weighted by Crippen LogP contribution is 2.29. The van der Waals surface area contributed by atoms with E-state index in [-0.39, 0.29) is 6.10 Å². The smallest absolute Gasteiger partial charge is 0.179 e. The molecule has 0 aromatic heterocycles. The van der Waals surface area contributed by atoms with Gasteiger partial charge < -0.3 is 9.64 Å². The van der Waals surface area contributed by atoms with Gasteiger partial charge in [0.15, 0.2) is 16.0 Å². The van der Waals surface area contributed by atoms with Gasteiger partial charge in [0.05, 0.1) is 11.0 Å². The molecule has 0 saturated carbocycles. The lowest BCUT2D eigenvalue weighted by atomic mass is 9.92. The van der Waals surface area contributed by atoms with Crippen molar-refractivity contribution < 1.29 is 13.2 Å². The van der Waals surface area contributed by atoms with E-state index in [1.165, 1.54) is 11.8 Å². The third-order valence-electron chi connectivity index (χ3n) is 5.34. The summed E-state index contributed by atoms with van der Waals surface area (Å²) in [5, 5.41) is 8.89. The standard InChI is InChI=1S/C20H26N2O3S/c1-26(23,24)20-8-4-18(5-9-20)17-2-6-19(7-3-17)25-14-16-10-12-22(15-21)13-11-16/h2,4-5,8-9,16,19H,3,6-7,10-14H2,1H3. The monoisotopic (exact) mass is 374 g/mol. The van der Waals surface area contributed by atoms with E-state index >= 15 is 0 Å². The molecule has 0 spiro atoms. The van der Waals surface area contributed by atoms with Gasteiger partial charge in [-0.1, -0.05) is 18.2 Å². The summed E-state index contributed by atoms with van der Waals surface area (Å²) < 4.78 is 29.2. The van der Waals surface area contributed by atoms with E-state index in [9.17, 15) is 8.42 Å². The van der Waals surface area contributed by atoms with Crippen LogP contribution in [0.3, 0.4) is 0 Å². The van der Waals surface area contributed by atoms with Gasteiger partial charge in [0.25, 0.3) is 0 Å². The zero-order valence-electron chi connectivity index (χ0n) is 15.2. The number of sulfone groups is 1. The first kappa shape index (κ1) is 18.9. The largest absolute Gasteiger partial charge is 0.378 e. The summed E-state index contributed by atoms with van der Waals surface area (Å²) in [7, 11) is -3.14. The molecule has 1 heterocycles. The van der Waals surface area contributed by atoms with Crippen molar-refractivity contribution in [3.63, 3.8) is 0 Å². The lowest BCUT2D eigenvalue weighted by Gasteiger charge is -2.30. The third kappa shape index (κ3) is 4.87. The Morgan fingerprint density at radius 1 is 1.19 bits per heavy atom. The molecule has 0 radical (unpaired) electrons. The lowest BCUT2D eigenvalue weighted by molar-refractivity contribution is 0.0131. The molecule has 1 aromatic carbocycles. The Labute approximate surface area is 156 Å². The van der Waals surface area contributed by atoms with Crippen molar-refractivity contribution in [1.82, 2.24) is 4.90 Å². The fourth-order valence-electron chi connectivity index (χ4n) is 3.61. The zero-order valence-corrected chi connectivity index (χ0v) is 16.0. The lowest BCUT2D eigenvalue weighted by Crippen LogP contribution is -2.32. The van der Waals surface area contributed by atoms with Crippen LogP contribution in [0.15, 0.2) is 35.2 Å². The third-order valence-corrected chi connectivity index (χ3v) is 6.47. The van der Waals surface area contributed by atoms with Crippen LogP contribution in [0.5, 0.6) is 0 Å². The SMILES string of the molecule is CS(=O)(=O)c1ccc(C2=CCC(OCC3CCN(C#N)CC3)CC2)cc1. The molecule has 5 nitrogen and oxygen atoms in total. The van der Waals surface area contributed by atoms with E-state index in [1.807, 2.05) is 17.0 Å². The highest BCUT2D eigenvalue weighted by Gasteiger charge is 2.21. The number of hydrogen-bond donors (Lipinski definition) is 0. The molecule has 2 aliphatic rings. The van der Waals surface area contributed by atoms with Gasteiger partial charge in [-0.25, -0.2) is 8.42 Å². The van der Waals surface area contributed by atoms with Crippen LogP contribution in [0.2, 0.25) is 0 Å². The Bertz CT molecular complexity index is 785. The number of ether oxygens (including phenoxy) is 1. The van der Waals surface area contributed by atoms with E-state index in [0.717, 1.165) is 57.4 Å². The van der Waals surface area contributed by atoms with Crippen molar-refractivity contribution in [3.05, 3.63) is 35.9 Å². The summed E-state index contributed by atoms with van der Waals surface area (Å²) in [6.07, 6.45) is 10.9. The Balaban J connectivity index is 1.48. The van der Waals surface area contributed by atoms with Crippen molar-refractivity contribution in [1.29, 1.82) is 5.26 Å². The molecule has 6 heteroatoms. The summed E-state index contributed by atoms with van der Waals surface area (Å²) in [4.78, 5) is 2.18. The Kier molecular flexibility index (Phi) is 6.00. The first-order chi connectivity index (χ1) is 12.5. The van der Waals surface area contributed by atoms with Gasteiger partial charge in [0.1, 0.15) is 0 Å². The molecule has 1 aromatic rings. The van der Waals surface area contributed by atoms with Crippen LogP contribution in [0.1, 0.15) is 37.7 Å². The molecule has 26 heavy (non-hydrogen) atoms. The van der Waals surface area contributed by atoms with E-state index < -0.39 is 9.84 Å². The van der Waals surface area contributed by atoms with Gasteiger partial charge in [-0.05, 0) is 61.3 Å². The van der Waals surface area contributed by atoms with Crippen LogP contribution in [0, 0.1) is 17.4 Å². The Hall–Kier alpha value is -1.84. The Morgan fingerprint density at radius 2 is 1.88 bits per heavy atom. The second-order valence-electron chi connectivity index (χ2n) is 7.29. The molecule has 1 fully saturated rings. The number of likely N-dealkylation sites (tertiary alicyclic amines) is 1. The maximum absolute atomic E-state index is 11.6. The summed E-state index contributed by atoms with van der Waals surface area (Å²) in [6.45, 7) is 2.49. The minimum Gasteiger partial charge on any atom is -0.378 e. The van der Waals surface area contributed by atoms with Crippen LogP contribution in [-0.2, 0) is 14.6 Å². The highest BCUT2D eigenvalue weighted by atomic mass is 32.2. The average Bonchev–Trinajstić information content (AvgIpc) is 2.66. The summed E-state index contributed by atoms with van der Waals surface area (Å²) in [5.74, 6) is 0.563. The fraction of sp³-hybridized carbons (Fsp3) is 0.550. The van der Waals surface area contributed by atoms with Gasteiger partial charge in [0, 0.05) is 26.0 Å². The minimum atomic E-state index is -3.14. The summed E-state index contributed by atoms with van der Waals surface area (Å²) in [6, 6.07) is 7.15. The average molecular weight is 375 g/mol. The molecular weight excluding hydrogens is 348 g/mol. The molecule has 140 valence electrons. The number of allylic oxidation sites excluding steroid dienone is 1. The number of hydrogen-bond acceptors (Lipinski definition) is 5. The van der Waals surface area contributed by atoms with E-state index in [2.05, 4.69) is 12.3 Å². The van der Waals surface area contributed by atoms with Gasteiger partial charge in [-0.15, -0.1) is 0 Å². The van der Waals surface area contributed by atoms with Crippen molar-refractivity contribution in [2.45, 2.75) is 43.1 Å². The Morgan fingerprint density at radius 3 is 2.42 bits per heavy atom. The molecular formula is C20H26N2O3S. The number of nitrogens with zero attached hydrogens (tertiary/aromatic N) is 2. The van der Waals surface area contributed by atoms with E-state index in [0.29, 0.717) is 10.8 Å². The van der Waals surface area contributed by atoms with Gasteiger partial charge >= 0.3 is 0 Å². The van der Waals surface area contributed by atoms with Crippen LogP contribution in [-0.4, -0.2) is 45.4 Å². The predicted molar refractivity (Wildman–Crippen MR) is 101 cm³/mol. The van der Waals surface area contributed by atoms with Crippen LogP contribution >= 0.6 is 0 Å². The molecule has 1 unspecified atom stereocenters. The van der Waals surface area contributed by atoms with Gasteiger partial charge in [0.2, 0.25) is 0 Å². The van der Waals surface area contributed by atoms with E-state index in [1.54, 1.807) is 12.1 Å². The van der Waals surface area contributed by atoms with Crippen molar-refractivity contribution in [2.24, 2.45) is 5.92 Å².